The lowest BCUT2D eigenvalue weighted by Gasteiger charge is -2.33. The predicted octanol–water partition coefficient (Wildman–Crippen LogP) is 2.04. The van der Waals surface area contributed by atoms with Crippen molar-refractivity contribution < 1.29 is 14.3 Å². The van der Waals surface area contributed by atoms with Crippen LogP contribution >= 0.6 is 0 Å². The fourth-order valence-corrected chi connectivity index (χ4v) is 2.98. The zero-order valence-electron chi connectivity index (χ0n) is 14.6. The van der Waals surface area contributed by atoms with Crippen LogP contribution in [0.2, 0.25) is 0 Å². The Hall–Kier alpha value is -2.25. The summed E-state index contributed by atoms with van der Waals surface area (Å²) < 4.78 is 11.2. The molecule has 0 aliphatic carbocycles. The zero-order chi connectivity index (χ0) is 17.6. The van der Waals surface area contributed by atoms with Crippen LogP contribution in [-0.4, -0.2) is 52.8 Å². The third-order valence-corrected chi connectivity index (χ3v) is 4.26. The van der Waals surface area contributed by atoms with E-state index in [1.807, 2.05) is 30.3 Å². The molecule has 0 spiro atoms. The summed E-state index contributed by atoms with van der Waals surface area (Å²) >= 11 is 0. The molecule has 1 aliphatic heterocycles. The van der Waals surface area contributed by atoms with E-state index in [4.69, 9.17) is 9.47 Å². The topological polar surface area (TPSA) is 80.3 Å². The van der Waals surface area contributed by atoms with E-state index in [1.165, 1.54) is 0 Å². The average Bonchev–Trinajstić information content (AvgIpc) is 3.12. The number of nitrogens with one attached hydrogen (secondary N) is 1. The minimum Gasteiger partial charge on any atom is -0.367 e. The molecule has 1 N–H and O–H groups in total. The van der Waals surface area contributed by atoms with E-state index < -0.39 is 6.10 Å². The van der Waals surface area contributed by atoms with Gasteiger partial charge in [0.2, 0.25) is 0 Å². The van der Waals surface area contributed by atoms with Crippen molar-refractivity contribution >= 4 is 5.91 Å². The number of morpholine rings is 1. The lowest BCUT2D eigenvalue weighted by atomic mass is 10.1. The third kappa shape index (κ3) is 4.05. The second-order valence-corrected chi connectivity index (χ2v) is 6.06. The highest BCUT2D eigenvalue weighted by Gasteiger charge is 2.32. The first-order valence-corrected chi connectivity index (χ1v) is 8.62. The van der Waals surface area contributed by atoms with E-state index in [0.29, 0.717) is 25.5 Å². The van der Waals surface area contributed by atoms with Crippen molar-refractivity contribution in [2.75, 3.05) is 26.8 Å². The Morgan fingerprint density at radius 1 is 1.44 bits per heavy atom. The standard InChI is InChI=1S/C18H24N4O3/c1-3-7-15-19-17(21-20-15)14-12-22(10-11-25-14)18(23)16(24-2)13-8-5-4-6-9-13/h4-6,8-9,14,16H,3,7,10-12H2,1-2H3,(H,19,20,21)/t14-,16-/m1/s1. The van der Waals surface area contributed by atoms with Gasteiger partial charge in [-0.2, -0.15) is 5.10 Å². The van der Waals surface area contributed by atoms with Crippen LogP contribution in [-0.2, 0) is 20.7 Å². The van der Waals surface area contributed by atoms with Gasteiger partial charge in [-0.3, -0.25) is 9.89 Å². The van der Waals surface area contributed by atoms with Crippen LogP contribution in [0, 0.1) is 0 Å². The number of benzene rings is 1. The van der Waals surface area contributed by atoms with Crippen molar-refractivity contribution in [3.63, 3.8) is 0 Å². The molecular weight excluding hydrogens is 320 g/mol. The largest absolute Gasteiger partial charge is 0.367 e. The van der Waals surface area contributed by atoms with Crippen LogP contribution in [0.1, 0.15) is 42.8 Å². The summed E-state index contributed by atoms with van der Waals surface area (Å²) in [7, 11) is 1.56. The van der Waals surface area contributed by atoms with Gasteiger partial charge in [-0.25, -0.2) is 4.98 Å². The molecule has 2 heterocycles. The quantitative estimate of drug-likeness (QED) is 0.867. The Morgan fingerprint density at radius 2 is 2.24 bits per heavy atom. The zero-order valence-corrected chi connectivity index (χ0v) is 14.6. The molecule has 25 heavy (non-hydrogen) atoms. The van der Waals surface area contributed by atoms with Gasteiger partial charge in [-0.05, 0) is 12.0 Å². The molecule has 1 aromatic carbocycles. The molecular formula is C18H24N4O3. The molecule has 1 aliphatic rings. The van der Waals surface area contributed by atoms with Crippen LogP contribution in [0.5, 0.6) is 0 Å². The van der Waals surface area contributed by atoms with Gasteiger partial charge >= 0.3 is 0 Å². The summed E-state index contributed by atoms with van der Waals surface area (Å²) in [6, 6.07) is 9.52. The van der Waals surface area contributed by atoms with Crippen molar-refractivity contribution in [2.24, 2.45) is 0 Å². The fourth-order valence-electron chi connectivity index (χ4n) is 2.98. The second-order valence-electron chi connectivity index (χ2n) is 6.06. The number of aromatic amines is 1. The maximum Gasteiger partial charge on any atom is 0.256 e. The Labute approximate surface area is 147 Å². The number of amides is 1. The van der Waals surface area contributed by atoms with Gasteiger partial charge < -0.3 is 14.4 Å². The van der Waals surface area contributed by atoms with E-state index in [2.05, 4.69) is 22.1 Å². The molecule has 0 radical (unpaired) electrons. The smallest absolute Gasteiger partial charge is 0.256 e. The maximum absolute atomic E-state index is 12.9. The number of aryl methyl sites for hydroxylation is 1. The number of carbonyl (C=O) groups is 1. The van der Waals surface area contributed by atoms with E-state index >= 15 is 0 Å². The molecule has 0 bridgehead atoms. The first-order valence-electron chi connectivity index (χ1n) is 8.62. The van der Waals surface area contributed by atoms with Crippen LogP contribution < -0.4 is 0 Å². The molecule has 1 fully saturated rings. The van der Waals surface area contributed by atoms with Crippen LogP contribution in [0.25, 0.3) is 0 Å². The van der Waals surface area contributed by atoms with Gasteiger partial charge in [0.25, 0.3) is 5.91 Å². The first-order chi connectivity index (χ1) is 12.2. The first kappa shape index (κ1) is 17.6. The summed E-state index contributed by atoms with van der Waals surface area (Å²) in [4.78, 5) is 19.2. The van der Waals surface area contributed by atoms with Crippen molar-refractivity contribution in [3.8, 4) is 0 Å². The molecule has 1 amide bonds. The van der Waals surface area contributed by atoms with E-state index in [0.717, 1.165) is 24.2 Å². The van der Waals surface area contributed by atoms with Crippen molar-refractivity contribution in [2.45, 2.75) is 32.0 Å². The normalized spacial score (nSPS) is 19.0. The summed E-state index contributed by atoms with van der Waals surface area (Å²) in [6.07, 6.45) is 0.926. The molecule has 1 aromatic heterocycles. The summed E-state index contributed by atoms with van der Waals surface area (Å²) in [6.45, 7) is 3.51. The summed E-state index contributed by atoms with van der Waals surface area (Å²) in [5.74, 6) is 1.39. The van der Waals surface area contributed by atoms with Gasteiger partial charge in [0.05, 0.1) is 13.2 Å². The Morgan fingerprint density at radius 3 is 2.96 bits per heavy atom. The number of ether oxygens (including phenoxy) is 2. The van der Waals surface area contributed by atoms with Gasteiger partial charge in [-0.1, -0.05) is 37.3 Å². The van der Waals surface area contributed by atoms with Crippen LogP contribution in [0.3, 0.4) is 0 Å². The molecule has 2 aromatic rings. The highest BCUT2D eigenvalue weighted by atomic mass is 16.5. The van der Waals surface area contributed by atoms with Gasteiger partial charge in [0.15, 0.2) is 11.9 Å². The number of nitrogens with zero attached hydrogens (tertiary/aromatic N) is 3. The molecule has 7 heteroatoms. The minimum absolute atomic E-state index is 0.0636. The minimum atomic E-state index is -0.609. The van der Waals surface area contributed by atoms with E-state index in [9.17, 15) is 4.79 Å². The number of carbonyl (C=O) groups excluding carboxylic acids is 1. The molecule has 2 atom stereocenters. The molecule has 7 nitrogen and oxygen atoms in total. The van der Waals surface area contributed by atoms with Crippen molar-refractivity contribution in [1.82, 2.24) is 20.1 Å². The predicted molar refractivity (Wildman–Crippen MR) is 91.8 cm³/mol. The highest BCUT2D eigenvalue weighted by Crippen LogP contribution is 2.24. The van der Waals surface area contributed by atoms with E-state index in [1.54, 1.807) is 12.0 Å². The SMILES string of the molecule is CCCc1nc([C@H]2CN(C(=O)[C@H](OC)c3ccccc3)CCO2)n[nH]1. The van der Waals surface area contributed by atoms with Gasteiger partial charge in [0, 0.05) is 20.1 Å². The van der Waals surface area contributed by atoms with Crippen LogP contribution in [0.4, 0.5) is 0 Å². The molecule has 0 saturated carbocycles. The number of aromatic nitrogens is 3. The Balaban J connectivity index is 1.70. The monoisotopic (exact) mass is 344 g/mol. The van der Waals surface area contributed by atoms with Crippen molar-refractivity contribution in [1.29, 1.82) is 0 Å². The maximum atomic E-state index is 12.9. The summed E-state index contributed by atoms with van der Waals surface area (Å²) in [5.41, 5.74) is 0.848. The number of rotatable bonds is 6. The second kappa shape index (κ2) is 8.22. The lowest BCUT2D eigenvalue weighted by molar-refractivity contribution is -0.150. The fraction of sp³-hybridized carbons (Fsp3) is 0.500. The molecule has 3 rings (SSSR count). The Bertz CT molecular complexity index is 689. The number of hydrogen-bond acceptors (Lipinski definition) is 5. The molecule has 134 valence electrons. The number of H-pyrrole nitrogens is 1. The summed E-state index contributed by atoms with van der Waals surface area (Å²) in [5, 5.41) is 7.18. The average molecular weight is 344 g/mol. The Kier molecular flexibility index (Phi) is 5.78. The highest BCUT2D eigenvalue weighted by molar-refractivity contribution is 5.82. The van der Waals surface area contributed by atoms with Gasteiger partial charge in [0.1, 0.15) is 11.9 Å². The third-order valence-electron chi connectivity index (χ3n) is 4.26. The van der Waals surface area contributed by atoms with E-state index in [-0.39, 0.29) is 12.0 Å². The molecule has 0 unspecified atom stereocenters. The van der Waals surface area contributed by atoms with Crippen molar-refractivity contribution in [3.05, 3.63) is 47.5 Å². The number of methoxy groups -OCH3 is 1. The van der Waals surface area contributed by atoms with Crippen LogP contribution in [0.15, 0.2) is 30.3 Å². The molecule has 1 saturated heterocycles. The van der Waals surface area contributed by atoms with Gasteiger partial charge in [-0.15, -0.1) is 0 Å². The lowest BCUT2D eigenvalue weighted by Crippen LogP contribution is -2.45. The number of hydrogen-bond donors (Lipinski definition) is 1.